The lowest BCUT2D eigenvalue weighted by molar-refractivity contribution is -0.127. The fourth-order valence-electron chi connectivity index (χ4n) is 3.24. The zero-order valence-electron chi connectivity index (χ0n) is 16.2. The van der Waals surface area contributed by atoms with E-state index >= 15 is 0 Å². The predicted molar refractivity (Wildman–Crippen MR) is 114 cm³/mol. The minimum atomic E-state index is -0.519. The Bertz CT molecular complexity index is 947. The fourth-order valence-corrected chi connectivity index (χ4v) is 3.72. The van der Waals surface area contributed by atoms with Gasteiger partial charge in [0.05, 0.1) is 25.3 Å². The number of nitrogens with one attached hydrogen (secondary N) is 2. The van der Waals surface area contributed by atoms with E-state index in [0.717, 1.165) is 10.0 Å². The van der Waals surface area contributed by atoms with Crippen LogP contribution in [0.3, 0.4) is 0 Å². The molecule has 0 aromatic heterocycles. The summed E-state index contributed by atoms with van der Waals surface area (Å²) in [5, 5.41) is 5.40. The molecule has 0 aliphatic carbocycles. The molecule has 0 radical (unpaired) electrons. The summed E-state index contributed by atoms with van der Waals surface area (Å²) < 4.78 is 6.23. The number of halogens is 1. The van der Waals surface area contributed by atoms with Crippen molar-refractivity contribution >= 4 is 45.0 Å². The van der Waals surface area contributed by atoms with Crippen molar-refractivity contribution in [1.82, 2.24) is 5.32 Å². The Morgan fingerprint density at radius 1 is 1.24 bits per heavy atom. The molecule has 1 atom stereocenters. The molecule has 152 valence electrons. The lowest BCUT2D eigenvalue weighted by atomic mass is 10.1. The Morgan fingerprint density at radius 2 is 2.00 bits per heavy atom. The molecule has 1 saturated heterocycles. The van der Waals surface area contributed by atoms with E-state index in [-0.39, 0.29) is 37.2 Å². The van der Waals surface area contributed by atoms with Crippen molar-refractivity contribution < 1.29 is 19.1 Å². The van der Waals surface area contributed by atoms with E-state index in [1.165, 1.54) is 7.11 Å². The summed E-state index contributed by atoms with van der Waals surface area (Å²) >= 11 is 3.38. The molecular weight excluding hydrogens is 438 g/mol. The number of hydrogen-bond donors (Lipinski definition) is 2. The van der Waals surface area contributed by atoms with Gasteiger partial charge in [0.2, 0.25) is 17.7 Å². The lowest BCUT2D eigenvalue weighted by Crippen LogP contribution is -2.38. The molecule has 1 aliphatic heterocycles. The van der Waals surface area contributed by atoms with Gasteiger partial charge in [-0.2, -0.15) is 0 Å². The van der Waals surface area contributed by atoms with Crippen LogP contribution in [0.25, 0.3) is 0 Å². The van der Waals surface area contributed by atoms with Crippen molar-refractivity contribution in [3.63, 3.8) is 0 Å². The van der Waals surface area contributed by atoms with Crippen LogP contribution in [0.5, 0.6) is 5.75 Å². The van der Waals surface area contributed by atoms with Crippen LogP contribution in [0.4, 0.5) is 11.4 Å². The second-order valence-electron chi connectivity index (χ2n) is 6.80. The van der Waals surface area contributed by atoms with E-state index in [0.29, 0.717) is 17.1 Å². The van der Waals surface area contributed by atoms with E-state index in [1.807, 2.05) is 31.2 Å². The SMILES string of the molecule is COc1ccccc1N1CC(C(=O)NCC(=O)Nc2ccc(Br)cc2C)CC1=O. The van der Waals surface area contributed by atoms with Crippen molar-refractivity contribution in [3.05, 3.63) is 52.5 Å². The average molecular weight is 460 g/mol. The molecule has 29 heavy (non-hydrogen) atoms. The molecule has 0 bridgehead atoms. The number of nitrogens with zero attached hydrogens (tertiary/aromatic N) is 1. The van der Waals surface area contributed by atoms with Crippen molar-refractivity contribution in [1.29, 1.82) is 0 Å². The number of benzene rings is 2. The Kier molecular flexibility index (Phi) is 6.53. The van der Waals surface area contributed by atoms with Crippen LogP contribution in [0, 0.1) is 12.8 Å². The highest BCUT2D eigenvalue weighted by Gasteiger charge is 2.36. The van der Waals surface area contributed by atoms with Crippen molar-refractivity contribution in [3.8, 4) is 5.75 Å². The Morgan fingerprint density at radius 3 is 2.72 bits per heavy atom. The molecule has 2 N–H and O–H groups in total. The molecule has 0 saturated carbocycles. The third-order valence-electron chi connectivity index (χ3n) is 4.76. The standard InChI is InChI=1S/C21H22BrN3O4/c1-13-9-15(22)7-8-16(13)24-19(26)11-23-21(28)14-10-20(27)25(12-14)17-5-3-4-6-18(17)29-2/h3-9,14H,10-12H2,1-2H3,(H,23,28)(H,24,26). The summed E-state index contributed by atoms with van der Waals surface area (Å²) in [7, 11) is 1.54. The highest BCUT2D eigenvalue weighted by molar-refractivity contribution is 9.10. The first-order valence-corrected chi connectivity index (χ1v) is 9.95. The Balaban J connectivity index is 1.56. The number of carbonyl (C=O) groups excluding carboxylic acids is 3. The van der Waals surface area contributed by atoms with E-state index in [2.05, 4.69) is 26.6 Å². The van der Waals surface area contributed by atoms with Gasteiger partial charge < -0.3 is 20.3 Å². The van der Waals surface area contributed by atoms with Gasteiger partial charge in [0, 0.05) is 23.1 Å². The predicted octanol–water partition coefficient (Wildman–Crippen LogP) is 2.87. The fraction of sp³-hybridized carbons (Fsp3) is 0.286. The van der Waals surface area contributed by atoms with Gasteiger partial charge in [0.25, 0.3) is 0 Å². The second kappa shape index (κ2) is 9.09. The van der Waals surface area contributed by atoms with Crippen molar-refractivity contribution in [2.75, 3.05) is 30.4 Å². The maximum Gasteiger partial charge on any atom is 0.243 e. The topological polar surface area (TPSA) is 87.7 Å². The quantitative estimate of drug-likeness (QED) is 0.694. The Hall–Kier alpha value is -2.87. The van der Waals surface area contributed by atoms with Gasteiger partial charge in [-0.1, -0.05) is 28.1 Å². The molecule has 3 rings (SSSR count). The highest BCUT2D eigenvalue weighted by atomic mass is 79.9. The van der Waals surface area contributed by atoms with Crippen LogP contribution < -0.4 is 20.3 Å². The van der Waals surface area contributed by atoms with Gasteiger partial charge in [-0.25, -0.2) is 0 Å². The summed E-state index contributed by atoms with van der Waals surface area (Å²) in [4.78, 5) is 38.6. The van der Waals surface area contributed by atoms with E-state index in [9.17, 15) is 14.4 Å². The van der Waals surface area contributed by atoms with E-state index < -0.39 is 5.92 Å². The first kappa shape index (κ1) is 20.9. The van der Waals surface area contributed by atoms with Gasteiger partial charge in [-0.15, -0.1) is 0 Å². The van der Waals surface area contributed by atoms with Gasteiger partial charge in [-0.3, -0.25) is 14.4 Å². The third kappa shape index (κ3) is 4.95. The summed E-state index contributed by atoms with van der Waals surface area (Å²) in [6, 6.07) is 12.7. The number of hydrogen-bond acceptors (Lipinski definition) is 4. The number of rotatable bonds is 6. The van der Waals surface area contributed by atoms with Gasteiger partial charge in [0.15, 0.2) is 0 Å². The zero-order valence-corrected chi connectivity index (χ0v) is 17.8. The molecule has 2 aromatic rings. The summed E-state index contributed by atoms with van der Waals surface area (Å²) in [5.41, 5.74) is 2.23. The number of carbonyl (C=O) groups is 3. The van der Waals surface area contributed by atoms with Gasteiger partial charge in [0.1, 0.15) is 5.75 Å². The first-order chi connectivity index (χ1) is 13.9. The summed E-state index contributed by atoms with van der Waals surface area (Å²) in [6.45, 7) is 1.97. The normalized spacial score (nSPS) is 15.9. The minimum absolute atomic E-state index is 0.0946. The van der Waals surface area contributed by atoms with Gasteiger partial charge >= 0.3 is 0 Å². The number of anilines is 2. The number of ether oxygens (including phenoxy) is 1. The molecule has 7 nitrogen and oxygen atoms in total. The maximum atomic E-state index is 12.5. The number of methoxy groups -OCH3 is 1. The monoisotopic (exact) mass is 459 g/mol. The molecular formula is C21H22BrN3O4. The van der Waals surface area contributed by atoms with Crippen LogP contribution >= 0.6 is 15.9 Å². The third-order valence-corrected chi connectivity index (χ3v) is 5.25. The van der Waals surface area contributed by atoms with Gasteiger partial charge in [-0.05, 0) is 42.8 Å². The molecule has 8 heteroatoms. The molecule has 1 aliphatic rings. The molecule has 1 unspecified atom stereocenters. The minimum Gasteiger partial charge on any atom is -0.495 e. The smallest absolute Gasteiger partial charge is 0.243 e. The summed E-state index contributed by atoms with van der Waals surface area (Å²) in [5.74, 6) is -0.738. The number of aryl methyl sites for hydroxylation is 1. The largest absolute Gasteiger partial charge is 0.495 e. The first-order valence-electron chi connectivity index (χ1n) is 9.16. The van der Waals surface area contributed by atoms with Crippen molar-refractivity contribution in [2.45, 2.75) is 13.3 Å². The van der Waals surface area contributed by atoms with Crippen LogP contribution in [0.2, 0.25) is 0 Å². The Labute approximate surface area is 177 Å². The molecule has 1 fully saturated rings. The molecule has 3 amide bonds. The molecule has 1 heterocycles. The van der Waals surface area contributed by atoms with Crippen LogP contribution in [-0.4, -0.2) is 37.9 Å². The second-order valence-corrected chi connectivity index (χ2v) is 7.72. The number of para-hydroxylation sites is 2. The highest BCUT2D eigenvalue weighted by Crippen LogP contribution is 2.32. The maximum absolute atomic E-state index is 12.5. The average Bonchev–Trinajstić information content (AvgIpc) is 3.09. The number of amides is 3. The molecule has 0 spiro atoms. The van der Waals surface area contributed by atoms with Crippen LogP contribution in [-0.2, 0) is 14.4 Å². The van der Waals surface area contributed by atoms with Crippen molar-refractivity contribution in [2.24, 2.45) is 5.92 Å². The van der Waals surface area contributed by atoms with E-state index in [1.54, 1.807) is 23.1 Å². The summed E-state index contributed by atoms with van der Waals surface area (Å²) in [6.07, 6.45) is 0.0946. The van der Waals surface area contributed by atoms with Crippen LogP contribution in [0.1, 0.15) is 12.0 Å². The van der Waals surface area contributed by atoms with Crippen LogP contribution in [0.15, 0.2) is 46.9 Å². The zero-order chi connectivity index (χ0) is 21.0. The van der Waals surface area contributed by atoms with E-state index in [4.69, 9.17) is 4.74 Å². The lowest BCUT2D eigenvalue weighted by Gasteiger charge is -2.19. The molecule has 2 aromatic carbocycles.